The Balaban J connectivity index is 1.40. The molecule has 1 N–H and O–H groups in total. The van der Waals surface area contributed by atoms with Crippen LogP contribution in [0.15, 0.2) is 84.9 Å². The molecule has 5 rings (SSSR count). The van der Waals surface area contributed by atoms with E-state index in [-0.39, 0.29) is 6.04 Å². The average Bonchev–Trinajstić information content (AvgIpc) is 3.24. The molecule has 0 bridgehead atoms. The van der Waals surface area contributed by atoms with E-state index in [2.05, 4.69) is 76.9 Å². The van der Waals surface area contributed by atoms with Crippen molar-refractivity contribution in [2.75, 3.05) is 26.2 Å². The zero-order chi connectivity index (χ0) is 20.2. The van der Waals surface area contributed by atoms with Crippen LogP contribution in [0.25, 0.3) is 10.1 Å². The summed E-state index contributed by atoms with van der Waals surface area (Å²) in [6, 6.07) is 30.3. The van der Waals surface area contributed by atoms with E-state index in [4.69, 9.17) is 4.74 Å². The van der Waals surface area contributed by atoms with Gasteiger partial charge in [0.1, 0.15) is 12.4 Å². The highest BCUT2D eigenvalue weighted by atomic mass is 32.1. The number of thiophene rings is 1. The van der Waals surface area contributed by atoms with Crippen LogP contribution in [0.5, 0.6) is 5.75 Å². The minimum atomic E-state index is 0.285. The van der Waals surface area contributed by atoms with E-state index in [0.717, 1.165) is 31.9 Å². The van der Waals surface area contributed by atoms with Gasteiger partial charge in [-0.3, -0.25) is 4.90 Å². The van der Waals surface area contributed by atoms with E-state index in [1.165, 1.54) is 26.1 Å². The van der Waals surface area contributed by atoms with E-state index in [9.17, 15) is 0 Å². The molecule has 1 aromatic heterocycles. The molecule has 1 aliphatic rings. The number of nitrogens with one attached hydrogen (secondary N) is 1. The summed E-state index contributed by atoms with van der Waals surface area (Å²) in [5.41, 5.74) is 2.51. The van der Waals surface area contributed by atoms with Crippen molar-refractivity contribution in [2.24, 2.45) is 0 Å². The molecule has 3 nitrogen and oxygen atoms in total. The smallest absolute Gasteiger partial charge is 0.119 e. The highest BCUT2D eigenvalue weighted by Gasteiger charge is 2.25. The number of hydrogen-bond acceptors (Lipinski definition) is 4. The van der Waals surface area contributed by atoms with Crippen LogP contribution in [-0.4, -0.2) is 31.1 Å². The zero-order valence-corrected chi connectivity index (χ0v) is 17.8. The Bertz CT molecular complexity index is 1050. The highest BCUT2D eigenvalue weighted by Crippen LogP contribution is 2.37. The van der Waals surface area contributed by atoms with Crippen LogP contribution in [0.1, 0.15) is 22.0 Å². The summed E-state index contributed by atoms with van der Waals surface area (Å²) in [5, 5.41) is 4.82. The first-order valence-electron chi connectivity index (χ1n) is 10.6. The van der Waals surface area contributed by atoms with Gasteiger partial charge in [-0.25, -0.2) is 0 Å². The molecule has 3 aromatic carbocycles. The predicted molar refractivity (Wildman–Crippen MR) is 125 cm³/mol. The summed E-state index contributed by atoms with van der Waals surface area (Å²) in [5.74, 6) is 0.915. The predicted octanol–water partition coefficient (Wildman–Crippen LogP) is 5.47. The Kier molecular flexibility index (Phi) is 5.80. The molecule has 30 heavy (non-hydrogen) atoms. The van der Waals surface area contributed by atoms with Gasteiger partial charge >= 0.3 is 0 Å². The Morgan fingerprint density at radius 1 is 0.867 bits per heavy atom. The number of ether oxygens (including phenoxy) is 1. The number of rotatable bonds is 6. The van der Waals surface area contributed by atoms with E-state index < -0.39 is 0 Å². The number of piperazine rings is 1. The topological polar surface area (TPSA) is 24.5 Å². The van der Waals surface area contributed by atoms with Crippen molar-refractivity contribution in [1.29, 1.82) is 0 Å². The highest BCUT2D eigenvalue weighted by molar-refractivity contribution is 7.19. The largest absolute Gasteiger partial charge is 0.489 e. The third kappa shape index (κ3) is 4.26. The van der Waals surface area contributed by atoms with Crippen molar-refractivity contribution < 1.29 is 4.74 Å². The molecule has 2 heterocycles. The fourth-order valence-electron chi connectivity index (χ4n) is 4.12. The van der Waals surface area contributed by atoms with Gasteiger partial charge in [-0.15, -0.1) is 11.3 Å². The molecule has 152 valence electrons. The maximum absolute atomic E-state index is 6.01. The molecule has 1 saturated heterocycles. The van der Waals surface area contributed by atoms with Crippen molar-refractivity contribution in [3.8, 4) is 5.75 Å². The summed E-state index contributed by atoms with van der Waals surface area (Å²) in [6.07, 6.45) is 0. The molecule has 4 heteroatoms. The zero-order valence-electron chi connectivity index (χ0n) is 17.0. The first-order chi connectivity index (χ1) is 14.9. The lowest BCUT2D eigenvalue weighted by Crippen LogP contribution is -2.45. The molecule has 1 unspecified atom stereocenters. The normalized spacial score (nSPS) is 15.9. The van der Waals surface area contributed by atoms with Gasteiger partial charge in [0.25, 0.3) is 0 Å². The Morgan fingerprint density at radius 3 is 2.37 bits per heavy atom. The summed E-state index contributed by atoms with van der Waals surface area (Å²) < 4.78 is 7.36. The van der Waals surface area contributed by atoms with Crippen LogP contribution in [0.4, 0.5) is 0 Å². The molecule has 1 fully saturated rings. The summed E-state index contributed by atoms with van der Waals surface area (Å²) in [7, 11) is 0. The van der Waals surface area contributed by atoms with Crippen molar-refractivity contribution in [1.82, 2.24) is 10.2 Å². The van der Waals surface area contributed by atoms with Crippen molar-refractivity contribution in [3.63, 3.8) is 0 Å². The molecule has 1 atom stereocenters. The minimum Gasteiger partial charge on any atom is -0.489 e. The van der Waals surface area contributed by atoms with Crippen LogP contribution in [-0.2, 0) is 6.61 Å². The van der Waals surface area contributed by atoms with Gasteiger partial charge in [-0.2, -0.15) is 0 Å². The maximum atomic E-state index is 6.01. The van der Waals surface area contributed by atoms with E-state index >= 15 is 0 Å². The van der Waals surface area contributed by atoms with Gasteiger partial charge in [0.05, 0.1) is 6.04 Å². The third-order valence-corrected chi connectivity index (χ3v) is 6.84. The van der Waals surface area contributed by atoms with E-state index in [1.54, 1.807) is 0 Å². The van der Waals surface area contributed by atoms with Crippen LogP contribution < -0.4 is 10.1 Å². The van der Waals surface area contributed by atoms with Crippen LogP contribution in [0.3, 0.4) is 0 Å². The summed E-state index contributed by atoms with van der Waals surface area (Å²) >= 11 is 1.91. The SMILES string of the molecule is c1ccc(COc2ccc(C(c3cc4ccccc4s3)N3CCNCC3)cc2)cc1. The standard InChI is InChI=1S/C26H26N2OS/c1-2-6-20(7-3-1)19-29-23-12-10-21(11-13-23)26(28-16-14-27-15-17-28)25-18-22-8-4-5-9-24(22)30-25/h1-13,18,26-27H,14-17,19H2. The monoisotopic (exact) mass is 414 g/mol. The number of benzene rings is 3. The second-order valence-electron chi connectivity index (χ2n) is 7.72. The maximum Gasteiger partial charge on any atom is 0.119 e. The summed E-state index contributed by atoms with van der Waals surface area (Å²) in [4.78, 5) is 4.01. The first kappa shape index (κ1) is 19.3. The fourth-order valence-corrected chi connectivity index (χ4v) is 5.35. The van der Waals surface area contributed by atoms with Crippen molar-refractivity contribution >= 4 is 21.4 Å². The van der Waals surface area contributed by atoms with Crippen molar-refractivity contribution in [2.45, 2.75) is 12.6 Å². The van der Waals surface area contributed by atoms with Crippen LogP contribution in [0.2, 0.25) is 0 Å². The second kappa shape index (κ2) is 9.00. The van der Waals surface area contributed by atoms with Gasteiger partial charge in [-0.05, 0) is 40.8 Å². The summed E-state index contributed by atoms with van der Waals surface area (Å²) in [6.45, 7) is 4.80. The molecule has 0 aliphatic carbocycles. The van der Waals surface area contributed by atoms with Crippen LogP contribution >= 0.6 is 11.3 Å². The minimum absolute atomic E-state index is 0.285. The van der Waals surface area contributed by atoms with Crippen LogP contribution in [0, 0.1) is 0 Å². The fraction of sp³-hybridized carbons (Fsp3) is 0.231. The number of nitrogens with zero attached hydrogens (tertiary/aromatic N) is 1. The van der Waals surface area contributed by atoms with Gasteiger partial charge < -0.3 is 10.1 Å². The average molecular weight is 415 g/mol. The van der Waals surface area contributed by atoms with Gasteiger partial charge in [0.2, 0.25) is 0 Å². The van der Waals surface area contributed by atoms with Gasteiger partial charge in [0.15, 0.2) is 0 Å². The molecular formula is C26H26N2OS. The molecular weight excluding hydrogens is 388 g/mol. The van der Waals surface area contributed by atoms with Gasteiger partial charge in [0, 0.05) is 35.8 Å². The number of hydrogen-bond donors (Lipinski definition) is 1. The van der Waals surface area contributed by atoms with Crippen molar-refractivity contribution in [3.05, 3.63) is 101 Å². The molecule has 0 spiro atoms. The quantitative estimate of drug-likeness (QED) is 0.452. The molecule has 0 saturated carbocycles. The number of fused-ring (bicyclic) bond motifs is 1. The molecule has 0 radical (unpaired) electrons. The van der Waals surface area contributed by atoms with Gasteiger partial charge in [-0.1, -0.05) is 60.7 Å². The Morgan fingerprint density at radius 2 is 1.60 bits per heavy atom. The molecule has 0 amide bonds. The van der Waals surface area contributed by atoms with E-state index in [1.807, 2.05) is 29.5 Å². The first-order valence-corrected chi connectivity index (χ1v) is 11.4. The lowest BCUT2D eigenvalue weighted by molar-refractivity contribution is 0.200. The molecule has 4 aromatic rings. The Labute approximate surface area is 181 Å². The lowest BCUT2D eigenvalue weighted by atomic mass is 10.0. The third-order valence-electron chi connectivity index (χ3n) is 5.67. The second-order valence-corrected chi connectivity index (χ2v) is 8.83. The van der Waals surface area contributed by atoms with E-state index in [0.29, 0.717) is 6.61 Å². The Hall–Kier alpha value is -2.66. The molecule has 1 aliphatic heterocycles. The lowest BCUT2D eigenvalue weighted by Gasteiger charge is -2.34.